The van der Waals surface area contributed by atoms with Gasteiger partial charge in [0.25, 0.3) is 0 Å². The van der Waals surface area contributed by atoms with Gasteiger partial charge in [-0.15, -0.1) is 0 Å². The van der Waals surface area contributed by atoms with E-state index in [1.54, 1.807) is 0 Å². The van der Waals surface area contributed by atoms with E-state index in [1.807, 2.05) is 19.1 Å². The van der Waals surface area contributed by atoms with Crippen LogP contribution in [0.1, 0.15) is 0 Å². The van der Waals surface area contributed by atoms with Crippen LogP contribution < -0.4 is 5.09 Å². The van der Waals surface area contributed by atoms with Crippen LogP contribution in [0.25, 0.3) is 0 Å². The molecule has 0 spiro atoms. The van der Waals surface area contributed by atoms with Gasteiger partial charge in [0, 0.05) is 14.1 Å². The highest BCUT2D eigenvalue weighted by Crippen LogP contribution is 1.70. The molecule has 0 aliphatic rings. The van der Waals surface area contributed by atoms with Crippen molar-refractivity contribution in [2.24, 2.45) is 0 Å². The zero-order chi connectivity index (χ0) is 5.86. The first-order valence-corrected chi connectivity index (χ1v) is 5.45. The smallest absolute Gasteiger partial charge is 0.120 e. The highest BCUT2D eigenvalue weighted by molar-refractivity contribution is 6.52. The van der Waals surface area contributed by atoms with Crippen molar-refractivity contribution >= 4 is 8.96 Å². The van der Waals surface area contributed by atoms with E-state index in [0.717, 1.165) is 0 Å². The lowest BCUT2D eigenvalue weighted by atomic mass is 11.2. The van der Waals surface area contributed by atoms with Crippen LogP contribution in [0.15, 0.2) is 0 Å². The first-order valence-electron chi connectivity index (χ1n) is 2.56. The van der Waals surface area contributed by atoms with E-state index < -0.39 is 8.96 Å². The molecule has 0 fully saturated rings. The van der Waals surface area contributed by atoms with Gasteiger partial charge in [-0.05, 0) is 0 Å². The van der Waals surface area contributed by atoms with Crippen molar-refractivity contribution in [3.8, 4) is 0 Å². The number of nitrogens with zero attached hydrogens (tertiary/aromatic N) is 1. The molecule has 0 unspecified atom stereocenters. The summed E-state index contributed by atoms with van der Waals surface area (Å²) in [6.45, 7) is 4.50. The maximum atomic E-state index is 3.28. The summed E-state index contributed by atoms with van der Waals surface area (Å²) in [5, 5.41) is 5.29. The van der Waals surface area contributed by atoms with Crippen LogP contribution in [0.5, 0.6) is 0 Å². The zero-order valence-electron chi connectivity index (χ0n) is 5.52. The summed E-state index contributed by atoms with van der Waals surface area (Å²) >= 11 is 0. The predicted molar refractivity (Wildman–Crippen MR) is 35.7 cm³/mol. The Morgan fingerprint density at radius 1 is 1.29 bits per heavy atom. The molecule has 0 saturated heterocycles. The molecular formula is C4H14N2Si. The Kier molecular flexibility index (Phi) is 3.24. The molecular weight excluding hydrogens is 104 g/mol. The van der Waals surface area contributed by atoms with E-state index >= 15 is 0 Å². The summed E-state index contributed by atoms with van der Waals surface area (Å²) in [5.41, 5.74) is 0. The second-order valence-corrected chi connectivity index (χ2v) is 4.75. The van der Waals surface area contributed by atoms with Crippen LogP contribution in [-0.2, 0) is 0 Å². The second-order valence-electron chi connectivity index (χ2n) is 2.18. The second kappa shape index (κ2) is 3.18. The van der Waals surface area contributed by atoms with E-state index in [1.165, 1.54) is 0 Å². The van der Waals surface area contributed by atoms with Gasteiger partial charge in [-0.2, -0.15) is 0 Å². The molecule has 0 aromatic heterocycles. The summed E-state index contributed by atoms with van der Waals surface area (Å²) in [4.78, 5) is 0. The summed E-state index contributed by atoms with van der Waals surface area (Å²) in [6, 6.07) is 0. The summed E-state index contributed by atoms with van der Waals surface area (Å²) in [6.07, 6.45) is 0. The number of nitrogens with one attached hydrogen (secondary N) is 1. The van der Waals surface area contributed by atoms with Gasteiger partial charge in [-0.3, -0.25) is 10.1 Å². The average Bonchev–Trinajstić information content (AvgIpc) is 1.27. The summed E-state index contributed by atoms with van der Waals surface area (Å²) in [7, 11) is 3.49. The molecule has 3 heteroatoms. The molecule has 0 heterocycles. The lowest BCUT2D eigenvalue weighted by molar-refractivity contribution is 0.370. The third-order valence-electron chi connectivity index (χ3n) is 0.516. The molecule has 2 nitrogen and oxygen atoms in total. The molecule has 0 aliphatic heterocycles. The summed E-state index contributed by atoms with van der Waals surface area (Å²) in [5.74, 6) is 0. The van der Waals surface area contributed by atoms with Crippen molar-refractivity contribution in [3.05, 3.63) is 0 Å². The molecule has 0 atom stereocenters. The van der Waals surface area contributed by atoms with Crippen LogP contribution in [0, 0.1) is 0 Å². The lowest BCUT2D eigenvalue weighted by Gasteiger charge is -2.13. The average molecular weight is 118 g/mol. The third kappa shape index (κ3) is 6.14. The Balaban J connectivity index is 2.95. The maximum absolute atomic E-state index is 3.28. The summed E-state index contributed by atoms with van der Waals surface area (Å²) < 4.78 is 0. The number of hydrogen-bond donors (Lipinski definition) is 1. The van der Waals surface area contributed by atoms with E-state index in [9.17, 15) is 0 Å². The van der Waals surface area contributed by atoms with Crippen LogP contribution in [0.4, 0.5) is 0 Å². The Bertz CT molecular complexity index is 39.0. The molecule has 1 N–H and O–H groups in total. The molecule has 0 amide bonds. The molecule has 44 valence electrons. The van der Waals surface area contributed by atoms with Gasteiger partial charge in [0.05, 0.1) is 0 Å². The quantitative estimate of drug-likeness (QED) is 0.407. The van der Waals surface area contributed by atoms with Crippen LogP contribution >= 0.6 is 0 Å². The Morgan fingerprint density at radius 2 is 1.71 bits per heavy atom. The first kappa shape index (κ1) is 7.14. The fourth-order valence-electron chi connectivity index (χ4n) is 0.516. The van der Waals surface area contributed by atoms with Gasteiger partial charge in [0.15, 0.2) is 0 Å². The first-order chi connectivity index (χ1) is 3.13. The van der Waals surface area contributed by atoms with Gasteiger partial charge in [0.2, 0.25) is 0 Å². The van der Waals surface area contributed by atoms with Gasteiger partial charge >= 0.3 is 0 Å². The molecule has 0 aromatic carbocycles. The molecule has 0 rings (SSSR count). The van der Waals surface area contributed by atoms with Gasteiger partial charge in [-0.1, -0.05) is 13.1 Å². The number of rotatable bonds is 2. The molecule has 7 heavy (non-hydrogen) atoms. The molecule has 0 radical (unpaired) electrons. The molecule has 0 aliphatic carbocycles. The van der Waals surface area contributed by atoms with Crippen LogP contribution in [0.3, 0.4) is 0 Å². The van der Waals surface area contributed by atoms with Crippen LogP contribution in [-0.4, -0.2) is 28.1 Å². The van der Waals surface area contributed by atoms with Crippen LogP contribution in [0.2, 0.25) is 13.1 Å². The van der Waals surface area contributed by atoms with E-state index in [4.69, 9.17) is 0 Å². The van der Waals surface area contributed by atoms with Crippen molar-refractivity contribution in [1.82, 2.24) is 10.1 Å². The third-order valence-corrected chi connectivity index (χ3v) is 1.55. The molecule has 0 saturated carbocycles. The Labute approximate surface area is 47.2 Å². The predicted octanol–water partition coefficient (Wildman–Crippen LogP) is 0.0360. The minimum atomic E-state index is -0.552. The van der Waals surface area contributed by atoms with Gasteiger partial charge < -0.3 is 0 Å². The topological polar surface area (TPSA) is 15.3 Å². The van der Waals surface area contributed by atoms with Crippen molar-refractivity contribution < 1.29 is 0 Å². The Hall–Kier alpha value is 0.137. The monoisotopic (exact) mass is 118 g/mol. The Morgan fingerprint density at radius 3 is 1.71 bits per heavy atom. The largest absolute Gasteiger partial charge is 0.281 e. The molecule has 0 aromatic rings. The minimum absolute atomic E-state index is 0.552. The normalized spacial score (nSPS) is 11.1. The fourth-order valence-corrected chi connectivity index (χ4v) is 1.55. The SMILES string of the molecule is CN(C)N[SiH](C)C. The number of hydrogen-bond acceptors (Lipinski definition) is 2. The maximum Gasteiger partial charge on any atom is 0.120 e. The van der Waals surface area contributed by atoms with Gasteiger partial charge in [0.1, 0.15) is 8.96 Å². The fraction of sp³-hybridized carbons (Fsp3) is 1.00. The van der Waals surface area contributed by atoms with E-state index in [-0.39, 0.29) is 0 Å². The highest BCUT2D eigenvalue weighted by atomic mass is 28.3. The van der Waals surface area contributed by atoms with Crippen molar-refractivity contribution in [2.45, 2.75) is 13.1 Å². The lowest BCUT2D eigenvalue weighted by Crippen LogP contribution is -2.39. The van der Waals surface area contributed by atoms with Gasteiger partial charge in [-0.25, -0.2) is 0 Å². The standard InChI is InChI=1S/C4H14N2Si/c1-6(2)5-7(3)4/h5,7H,1-4H3. The van der Waals surface area contributed by atoms with Crippen molar-refractivity contribution in [3.63, 3.8) is 0 Å². The highest BCUT2D eigenvalue weighted by Gasteiger charge is 1.91. The zero-order valence-corrected chi connectivity index (χ0v) is 6.68. The number of hydrazine groups is 1. The van der Waals surface area contributed by atoms with Crippen molar-refractivity contribution in [1.29, 1.82) is 0 Å². The minimum Gasteiger partial charge on any atom is -0.281 e. The van der Waals surface area contributed by atoms with E-state index in [0.29, 0.717) is 0 Å². The van der Waals surface area contributed by atoms with E-state index in [2.05, 4.69) is 18.2 Å². The van der Waals surface area contributed by atoms with Crippen molar-refractivity contribution in [2.75, 3.05) is 14.1 Å². The molecule has 0 bridgehead atoms.